The highest BCUT2D eigenvalue weighted by Crippen LogP contribution is 2.21. The first-order chi connectivity index (χ1) is 16.8. The Kier molecular flexibility index (Phi) is 28.4. The van der Waals surface area contributed by atoms with Crippen molar-refractivity contribution in [3.05, 3.63) is 0 Å². The third kappa shape index (κ3) is 28.3. The third-order valence-electron chi connectivity index (χ3n) is 7.33. The molecule has 0 aromatic carbocycles. The van der Waals surface area contributed by atoms with Gasteiger partial charge in [0.15, 0.2) is 0 Å². The van der Waals surface area contributed by atoms with Crippen LogP contribution in [0.2, 0.25) is 0 Å². The first-order valence-electron chi connectivity index (χ1n) is 15.6. The van der Waals surface area contributed by atoms with Crippen molar-refractivity contribution >= 4 is 0 Å². The largest absolute Gasteiger partial charge is 0.394 e. The first kappa shape index (κ1) is 37.0. The van der Waals surface area contributed by atoms with E-state index in [0.717, 1.165) is 25.7 Å². The summed E-state index contributed by atoms with van der Waals surface area (Å²) in [6.07, 6.45) is 29.1. The molecule has 4 heteroatoms. The van der Waals surface area contributed by atoms with Crippen LogP contribution in [-0.2, 0) is 0 Å². The second kappa shape index (κ2) is 26.9. The topological polar surface area (TPSA) is 92.5 Å². The van der Waals surface area contributed by atoms with Crippen LogP contribution < -0.4 is 11.5 Å². The van der Waals surface area contributed by atoms with Gasteiger partial charge in [0.1, 0.15) is 0 Å². The summed E-state index contributed by atoms with van der Waals surface area (Å²) >= 11 is 0. The Bertz CT molecular complexity index is 403. The van der Waals surface area contributed by atoms with Gasteiger partial charge in [-0.3, -0.25) is 0 Å². The van der Waals surface area contributed by atoms with Gasteiger partial charge < -0.3 is 21.7 Å². The SMILES string of the molecule is CCCCCCCCC(N)(CO)CCCCCCC.CCCCCCCCCCCC(C)(N)CO. The molecule has 2 unspecified atom stereocenters. The molecule has 0 saturated heterocycles. The zero-order valence-corrected chi connectivity index (χ0v) is 24.7. The van der Waals surface area contributed by atoms with Crippen molar-refractivity contribution in [3.8, 4) is 0 Å². The van der Waals surface area contributed by atoms with E-state index in [-0.39, 0.29) is 24.3 Å². The second-order valence-corrected chi connectivity index (χ2v) is 11.6. The Morgan fingerprint density at radius 3 is 1.00 bits per heavy atom. The minimum absolute atomic E-state index is 0.101. The van der Waals surface area contributed by atoms with E-state index >= 15 is 0 Å². The number of rotatable bonds is 25. The Balaban J connectivity index is 0. The lowest BCUT2D eigenvalue weighted by atomic mass is 9.88. The lowest BCUT2D eigenvalue weighted by molar-refractivity contribution is 0.171. The molecule has 0 aromatic heterocycles. The maximum Gasteiger partial charge on any atom is 0.0611 e. The molecule has 6 N–H and O–H groups in total. The Labute approximate surface area is 221 Å². The highest BCUT2D eigenvalue weighted by atomic mass is 16.3. The number of aliphatic hydroxyl groups excluding tert-OH is 2. The molecule has 0 radical (unpaired) electrons. The summed E-state index contributed by atoms with van der Waals surface area (Å²) in [5, 5.41) is 18.5. The highest BCUT2D eigenvalue weighted by molar-refractivity contribution is 4.83. The van der Waals surface area contributed by atoms with Gasteiger partial charge in [-0.05, 0) is 26.2 Å². The van der Waals surface area contributed by atoms with Crippen molar-refractivity contribution in [2.75, 3.05) is 13.2 Å². The number of aliphatic hydroxyl groups is 2. The molecule has 0 spiro atoms. The molecule has 35 heavy (non-hydrogen) atoms. The average molecular weight is 501 g/mol. The summed E-state index contributed by atoms with van der Waals surface area (Å²) in [4.78, 5) is 0. The molecule has 0 fully saturated rings. The van der Waals surface area contributed by atoms with Crippen molar-refractivity contribution in [2.45, 2.75) is 186 Å². The molecular formula is C31H68N2O2. The Morgan fingerprint density at radius 1 is 0.429 bits per heavy atom. The molecular weight excluding hydrogens is 432 g/mol. The van der Waals surface area contributed by atoms with E-state index in [4.69, 9.17) is 16.6 Å². The molecule has 0 saturated carbocycles. The van der Waals surface area contributed by atoms with Crippen LogP contribution in [0.5, 0.6) is 0 Å². The van der Waals surface area contributed by atoms with Crippen molar-refractivity contribution < 1.29 is 10.2 Å². The molecule has 4 nitrogen and oxygen atoms in total. The van der Waals surface area contributed by atoms with Crippen LogP contribution in [-0.4, -0.2) is 34.5 Å². The lowest BCUT2D eigenvalue weighted by Gasteiger charge is -2.27. The van der Waals surface area contributed by atoms with Gasteiger partial charge >= 0.3 is 0 Å². The van der Waals surface area contributed by atoms with E-state index in [9.17, 15) is 5.11 Å². The molecule has 0 rings (SSSR count). The number of hydrogen-bond acceptors (Lipinski definition) is 4. The minimum Gasteiger partial charge on any atom is -0.394 e. The van der Waals surface area contributed by atoms with Gasteiger partial charge in [0.25, 0.3) is 0 Å². The van der Waals surface area contributed by atoms with Gasteiger partial charge in [-0.25, -0.2) is 0 Å². The Morgan fingerprint density at radius 2 is 0.714 bits per heavy atom. The number of unbranched alkanes of at least 4 members (excludes halogenated alkanes) is 17. The molecule has 0 bridgehead atoms. The molecule has 2 atom stereocenters. The number of hydrogen-bond donors (Lipinski definition) is 4. The molecule has 0 aliphatic heterocycles. The number of nitrogens with two attached hydrogens (primary N) is 2. The normalized spacial score (nSPS) is 14.7. The summed E-state index contributed by atoms with van der Waals surface area (Å²) in [6.45, 7) is 8.91. The third-order valence-corrected chi connectivity index (χ3v) is 7.33. The van der Waals surface area contributed by atoms with Crippen molar-refractivity contribution in [1.82, 2.24) is 0 Å². The minimum atomic E-state index is -0.360. The van der Waals surface area contributed by atoms with E-state index in [2.05, 4.69) is 20.8 Å². The molecule has 0 aliphatic carbocycles. The highest BCUT2D eigenvalue weighted by Gasteiger charge is 2.22. The summed E-state index contributed by atoms with van der Waals surface area (Å²) in [5.74, 6) is 0. The van der Waals surface area contributed by atoms with Crippen LogP contribution in [0.4, 0.5) is 0 Å². The summed E-state index contributed by atoms with van der Waals surface area (Å²) in [7, 11) is 0. The van der Waals surface area contributed by atoms with Crippen LogP contribution >= 0.6 is 0 Å². The fourth-order valence-corrected chi connectivity index (χ4v) is 4.54. The predicted molar refractivity (Wildman–Crippen MR) is 157 cm³/mol. The summed E-state index contributed by atoms with van der Waals surface area (Å²) in [5.41, 5.74) is 11.5. The van der Waals surface area contributed by atoms with Gasteiger partial charge in [0.05, 0.1) is 13.2 Å². The second-order valence-electron chi connectivity index (χ2n) is 11.6. The van der Waals surface area contributed by atoms with E-state index in [0.29, 0.717) is 0 Å². The molecule has 0 amide bonds. The van der Waals surface area contributed by atoms with Crippen LogP contribution in [0.25, 0.3) is 0 Å². The maximum atomic E-state index is 9.50. The summed E-state index contributed by atoms with van der Waals surface area (Å²) in [6, 6.07) is 0. The maximum absolute atomic E-state index is 9.50. The van der Waals surface area contributed by atoms with Gasteiger partial charge in [-0.15, -0.1) is 0 Å². The predicted octanol–water partition coefficient (Wildman–Crippen LogP) is 8.40. The lowest BCUT2D eigenvalue weighted by Crippen LogP contribution is -2.43. The average Bonchev–Trinajstić information content (AvgIpc) is 2.85. The van der Waals surface area contributed by atoms with Gasteiger partial charge in [-0.1, -0.05) is 149 Å². The van der Waals surface area contributed by atoms with Gasteiger partial charge in [0.2, 0.25) is 0 Å². The van der Waals surface area contributed by atoms with E-state index in [1.165, 1.54) is 122 Å². The van der Waals surface area contributed by atoms with Crippen LogP contribution in [0, 0.1) is 0 Å². The summed E-state index contributed by atoms with van der Waals surface area (Å²) < 4.78 is 0. The fourth-order valence-electron chi connectivity index (χ4n) is 4.54. The van der Waals surface area contributed by atoms with Gasteiger partial charge in [0, 0.05) is 11.1 Å². The molecule has 0 aromatic rings. The van der Waals surface area contributed by atoms with E-state index in [1.54, 1.807) is 0 Å². The van der Waals surface area contributed by atoms with Gasteiger partial charge in [-0.2, -0.15) is 0 Å². The van der Waals surface area contributed by atoms with Crippen LogP contribution in [0.15, 0.2) is 0 Å². The van der Waals surface area contributed by atoms with Crippen molar-refractivity contribution in [3.63, 3.8) is 0 Å². The molecule has 0 aliphatic rings. The quantitative estimate of drug-likeness (QED) is 0.0946. The first-order valence-corrected chi connectivity index (χ1v) is 15.6. The fraction of sp³-hybridized carbons (Fsp3) is 1.00. The monoisotopic (exact) mass is 501 g/mol. The van der Waals surface area contributed by atoms with Crippen LogP contribution in [0.1, 0.15) is 175 Å². The van der Waals surface area contributed by atoms with E-state index < -0.39 is 0 Å². The standard InChI is InChI=1S/C17H37NO.C14H31NO/c1-3-5-7-9-11-13-15-17(18,16-19)14-12-10-8-6-4-2;1-3-4-5-6-7-8-9-10-11-12-14(2,15)13-16/h19H,3-16,18H2,1-2H3;16H,3-13,15H2,1-2H3. The molecule has 0 heterocycles. The van der Waals surface area contributed by atoms with Crippen molar-refractivity contribution in [1.29, 1.82) is 0 Å². The zero-order valence-electron chi connectivity index (χ0n) is 24.7. The smallest absolute Gasteiger partial charge is 0.0611 e. The zero-order chi connectivity index (χ0) is 26.7. The van der Waals surface area contributed by atoms with Crippen LogP contribution in [0.3, 0.4) is 0 Å². The van der Waals surface area contributed by atoms with E-state index in [1.807, 2.05) is 6.92 Å². The Hall–Kier alpha value is -0.160. The van der Waals surface area contributed by atoms with Crippen molar-refractivity contribution in [2.24, 2.45) is 11.5 Å². The molecule has 214 valence electrons.